The highest BCUT2D eigenvalue weighted by molar-refractivity contribution is 5.96. The minimum Gasteiger partial charge on any atom is -0.452 e. The molecule has 0 saturated carbocycles. The van der Waals surface area contributed by atoms with Gasteiger partial charge < -0.3 is 14.4 Å². The van der Waals surface area contributed by atoms with Crippen LogP contribution in [0.1, 0.15) is 21.5 Å². The highest BCUT2D eigenvalue weighted by Gasteiger charge is 2.20. The number of nitrogens with zero attached hydrogens (tertiary/aromatic N) is 3. The molecule has 0 N–H and O–H groups in total. The summed E-state index contributed by atoms with van der Waals surface area (Å²) in [5.41, 5.74) is 7.31. The third kappa shape index (κ3) is 5.11. The minimum atomic E-state index is -0.570. The zero-order valence-electron chi connectivity index (χ0n) is 20.4. The molecule has 0 atom stereocenters. The maximum atomic E-state index is 12.7. The number of aromatic nitrogens is 2. The number of ether oxygens (including phenoxy) is 2. The largest absolute Gasteiger partial charge is 0.452 e. The van der Waals surface area contributed by atoms with Crippen molar-refractivity contribution in [1.29, 1.82) is 0 Å². The molecule has 0 bridgehead atoms. The number of hydrogen-bond donors (Lipinski definition) is 0. The van der Waals surface area contributed by atoms with E-state index in [4.69, 9.17) is 19.4 Å². The Balaban J connectivity index is 1.46. The number of morpholine rings is 1. The van der Waals surface area contributed by atoms with E-state index in [2.05, 4.69) is 12.1 Å². The van der Waals surface area contributed by atoms with Gasteiger partial charge in [0.15, 0.2) is 6.61 Å². The molecule has 2 heterocycles. The number of rotatable bonds is 5. The number of fused-ring (bicyclic) bond motifs is 1. The number of amides is 1. The summed E-state index contributed by atoms with van der Waals surface area (Å²) < 4.78 is 10.6. The van der Waals surface area contributed by atoms with E-state index in [9.17, 15) is 9.59 Å². The fraction of sp³-hybridized carbons (Fsp3) is 0.241. The van der Waals surface area contributed by atoms with Crippen LogP contribution in [0.4, 0.5) is 0 Å². The van der Waals surface area contributed by atoms with Crippen molar-refractivity contribution in [3.05, 3.63) is 83.4 Å². The third-order valence-corrected chi connectivity index (χ3v) is 6.24. The van der Waals surface area contributed by atoms with Crippen LogP contribution in [-0.4, -0.2) is 59.7 Å². The lowest BCUT2D eigenvalue weighted by molar-refractivity contribution is -0.138. The molecule has 7 nitrogen and oxygen atoms in total. The van der Waals surface area contributed by atoms with Gasteiger partial charge in [0.05, 0.1) is 41.2 Å². The predicted molar refractivity (Wildman–Crippen MR) is 138 cm³/mol. The number of benzene rings is 3. The Morgan fingerprint density at radius 2 is 1.36 bits per heavy atom. The fourth-order valence-electron chi connectivity index (χ4n) is 4.12. The summed E-state index contributed by atoms with van der Waals surface area (Å²) in [7, 11) is 0. The van der Waals surface area contributed by atoms with Gasteiger partial charge in [0.25, 0.3) is 5.91 Å². The molecule has 1 saturated heterocycles. The van der Waals surface area contributed by atoms with E-state index in [1.807, 2.05) is 50.2 Å². The zero-order chi connectivity index (χ0) is 25.1. The lowest BCUT2D eigenvalue weighted by atomic mass is 10.0. The Hall–Kier alpha value is -4.10. The highest BCUT2D eigenvalue weighted by Crippen LogP contribution is 2.31. The van der Waals surface area contributed by atoms with Gasteiger partial charge in [-0.15, -0.1) is 0 Å². The fourth-order valence-corrected chi connectivity index (χ4v) is 4.12. The van der Waals surface area contributed by atoms with E-state index in [0.29, 0.717) is 42.9 Å². The average Bonchev–Trinajstić information content (AvgIpc) is 2.92. The molecule has 1 amide bonds. The van der Waals surface area contributed by atoms with Gasteiger partial charge in [0.1, 0.15) is 0 Å². The monoisotopic (exact) mass is 481 g/mol. The van der Waals surface area contributed by atoms with Crippen molar-refractivity contribution in [1.82, 2.24) is 14.9 Å². The first kappa shape index (κ1) is 23.6. The molecule has 1 aliphatic rings. The van der Waals surface area contributed by atoms with Gasteiger partial charge in [-0.3, -0.25) is 4.79 Å². The van der Waals surface area contributed by atoms with Crippen LogP contribution in [0.5, 0.6) is 0 Å². The molecule has 0 spiro atoms. The first-order chi connectivity index (χ1) is 17.5. The van der Waals surface area contributed by atoms with Gasteiger partial charge in [0, 0.05) is 24.2 Å². The number of hydrogen-bond acceptors (Lipinski definition) is 6. The minimum absolute atomic E-state index is 0.225. The average molecular weight is 482 g/mol. The topological polar surface area (TPSA) is 81.6 Å². The van der Waals surface area contributed by atoms with Crippen LogP contribution in [0, 0.1) is 13.8 Å². The van der Waals surface area contributed by atoms with Gasteiger partial charge in [0.2, 0.25) is 0 Å². The smallest absolute Gasteiger partial charge is 0.338 e. The molecule has 0 unspecified atom stereocenters. The van der Waals surface area contributed by atoms with Crippen LogP contribution in [0.2, 0.25) is 0 Å². The highest BCUT2D eigenvalue weighted by atomic mass is 16.5. The Bertz CT molecular complexity index is 1410. The van der Waals surface area contributed by atoms with Crippen molar-refractivity contribution in [2.24, 2.45) is 0 Å². The van der Waals surface area contributed by atoms with Crippen LogP contribution < -0.4 is 0 Å². The lowest BCUT2D eigenvalue weighted by Crippen LogP contribution is -2.42. The van der Waals surface area contributed by atoms with Crippen LogP contribution in [0.3, 0.4) is 0 Å². The van der Waals surface area contributed by atoms with Gasteiger partial charge >= 0.3 is 5.97 Å². The summed E-state index contributed by atoms with van der Waals surface area (Å²) in [6, 6.07) is 21.4. The Labute approximate surface area is 209 Å². The van der Waals surface area contributed by atoms with Crippen molar-refractivity contribution in [3.8, 4) is 22.5 Å². The first-order valence-electron chi connectivity index (χ1n) is 12.0. The molecule has 1 fully saturated rings. The van der Waals surface area contributed by atoms with E-state index in [1.165, 1.54) is 5.56 Å². The van der Waals surface area contributed by atoms with Crippen molar-refractivity contribution in [2.45, 2.75) is 13.8 Å². The van der Waals surface area contributed by atoms with E-state index in [1.54, 1.807) is 23.1 Å². The SMILES string of the molecule is Cc1ccc(-c2nc3ccc(C(=O)OCC(=O)N4CCOCC4)cc3nc2-c2ccc(C)cc2)cc1. The molecule has 0 aliphatic carbocycles. The second-order valence-corrected chi connectivity index (χ2v) is 8.93. The number of aryl methyl sites for hydroxylation is 2. The van der Waals surface area contributed by atoms with Gasteiger partial charge in [-0.05, 0) is 32.0 Å². The van der Waals surface area contributed by atoms with E-state index in [0.717, 1.165) is 28.1 Å². The standard InChI is InChI=1S/C29H27N3O4/c1-19-3-7-21(8-4-19)27-28(22-9-5-20(2)6-10-22)31-25-17-23(11-12-24(25)30-27)29(34)36-18-26(33)32-13-15-35-16-14-32/h3-12,17H,13-16,18H2,1-2H3. The Morgan fingerprint density at radius 3 is 1.94 bits per heavy atom. The molecule has 3 aromatic carbocycles. The number of carbonyl (C=O) groups is 2. The second kappa shape index (κ2) is 10.3. The summed E-state index contributed by atoms with van der Waals surface area (Å²) >= 11 is 0. The van der Waals surface area contributed by atoms with E-state index >= 15 is 0 Å². The molecule has 4 aromatic rings. The molecule has 182 valence electrons. The Morgan fingerprint density at radius 1 is 0.806 bits per heavy atom. The first-order valence-corrected chi connectivity index (χ1v) is 12.0. The van der Waals surface area contributed by atoms with Crippen LogP contribution in [-0.2, 0) is 14.3 Å². The molecular formula is C29H27N3O4. The van der Waals surface area contributed by atoms with Crippen molar-refractivity contribution in [3.63, 3.8) is 0 Å². The Kier molecular flexibility index (Phi) is 6.73. The summed E-state index contributed by atoms with van der Waals surface area (Å²) in [6.07, 6.45) is 0. The van der Waals surface area contributed by atoms with Gasteiger partial charge in [-0.2, -0.15) is 0 Å². The van der Waals surface area contributed by atoms with Crippen LogP contribution in [0.25, 0.3) is 33.5 Å². The molecule has 1 aliphatic heterocycles. The molecule has 1 aromatic heterocycles. The summed E-state index contributed by atoms with van der Waals surface area (Å²) in [5, 5.41) is 0. The zero-order valence-corrected chi connectivity index (χ0v) is 20.4. The molecule has 36 heavy (non-hydrogen) atoms. The number of carbonyl (C=O) groups excluding carboxylic acids is 2. The summed E-state index contributed by atoms with van der Waals surface area (Å²) in [4.78, 5) is 36.5. The molecule has 7 heteroatoms. The van der Waals surface area contributed by atoms with Gasteiger partial charge in [-0.25, -0.2) is 14.8 Å². The normalized spacial score (nSPS) is 13.6. The summed E-state index contributed by atoms with van der Waals surface area (Å²) in [5.74, 6) is -0.795. The van der Waals surface area contributed by atoms with Crippen molar-refractivity contribution in [2.75, 3.05) is 32.9 Å². The maximum Gasteiger partial charge on any atom is 0.338 e. The molecule has 5 rings (SSSR count). The van der Waals surface area contributed by atoms with Crippen LogP contribution >= 0.6 is 0 Å². The third-order valence-electron chi connectivity index (χ3n) is 6.24. The summed E-state index contributed by atoms with van der Waals surface area (Å²) in [6.45, 7) is 5.79. The molecular weight excluding hydrogens is 454 g/mol. The second-order valence-electron chi connectivity index (χ2n) is 8.93. The van der Waals surface area contributed by atoms with E-state index in [-0.39, 0.29) is 12.5 Å². The van der Waals surface area contributed by atoms with E-state index < -0.39 is 5.97 Å². The van der Waals surface area contributed by atoms with Gasteiger partial charge in [-0.1, -0.05) is 59.7 Å². The predicted octanol–water partition coefficient (Wildman–Crippen LogP) is 4.60. The maximum absolute atomic E-state index is 12.7. The lowest BCUT2D eigenvalue weighted by Gasteiger charge is -2.26. The molecule has 0 radical (unpaired) electrons. The van der Waals surface area contributed by atoms with Crippen molar-refractivity contribution >= 4 is 22.9 Å². The van der Waals surface area contributed by atoms with Crippen LogP contribution in [0.15, 0.2) is 66.7 Å². The quantitative estimate of drug-likeness (QED) is 0.388. The van der Waals surface area contributed by atoms with Crippen molar-refractivity contribution < 1.29 is 19.1 Å². The number of esters is 1.